The van der Waals surface area contributed by atoms with Gasteiger partial charge in [-0.1, -0.05) is 0 Å². The summed E-state index contributed by atoms with van der Waals surface area (Å²) in [6.45, 7) is 1.52. The quantitative estimate of drug-likeness (QED) is 0.895. The van der Waals surface area contributed by atoms with Crippen LogP contribution < -0.4 is 4.90 Å². The van der Waals surface area contributed by atoms with Crippen molar-refractivity contribution in [1.82, 2.24) is 4.98 Å². The molecule has 0 aromatic carbocycles. The van der Waals surface area contributed by atoms with Crippen molar-refractivity contribution < 1.29 is 5.11 Å². The molecule has 1 aliphatic heterocycles. The van der Waals surface area contributed by atoms with E-state index in [1.165, 1.54) is 12.8 Å². The number of aliphatic hydroxyl groups is 1. The molecule has 1 saturated carbocycles. The van der Waals surface area contributed by atoms with Crippen LogP contribution in [0.4, 0.5) is 5.13 Å². The SMILES string of the molecule is OC1(C2CC2)CN(c2nc(Br)cs2)C1. The monoisotopic (exact) mass is 274 g/mol. The van der Waals surface area contributed by atoms with Crippen LogP contribution in [0.2, 0.25) is 0 Å². The molecule has 5 heteroatoms. The van der Waals surface area contributed by atoms with E-state index in [4.69, 9.17) is 0 Å². The maximum atomic E-state index is 10.1. The van der Waals surface area contributed by atoms with Crippen molar-refractivity contribution in [2.75, 3.05) is 18.0 Å². The lowest BCUT2D eigenvalue weighted by Gasteiger charge is -2.46. The molecule has 0 unspecified atom stereocenters. The molecule has 14 heavy (non-hydrogen) atoms. The number of β-amino-alcohol motifs (C(OH)–C–C–N with tert-alkyl or cyclic N) is 1. The van der Waals surface area contributed by atoms with Crippen molar-refractivity contribution in [2.45, 2.75) is 18.4 Å². The Bertz CT molecular complexity index is 357. The summed E-state index contributed by atoms with van der Waals surface area (Å²) >= 11 is 4.96. The lowest BCUT2D eigenvalue weighted by Crippen LogP contribution is -2.63. The fraction of sp³-hybridized carbons (Fsp3) is 0.667. The van der Waals surface area contributed by atoms with Gasteiger partial charge in [-0.05, 0) is 34.7 Å². The maximum absolute atomic E-state index is 10.1. The van der Waals surface area contributed by atoms with Gasteiger partial charge in [0.1, 0.15) is 10.2 Å². The molecule has 76 valence electrons. The second-order valence-corrected chi connectivity index (χ2v) is 5.84. The third-order valence-electron chi connectivity index (χ3n) is 3.00. The summed E-state index contributed by atoms with van der Waals surface area (Å²) in [6, 6.07) is 0. The van der Waals surface area contributed by atoms with Crippen LogP contribution in [0.1, 0.15) is 12.8 Å². The molecule has 2 aliphatic rings. The first kappa shape index (κ1) is 9.12. The average molecular weight is 275 g/mol. The van der Waals surface area contributed by atoms with Crippen LogP contribution in [0.3, 0.4) is 0 Å². The van der Waals surface area contributed by atoms with Crippen LogP contribution in [0.5, 0.6) is 0 Å². The number of hydrogen-bond donors (Lipinski definition) is 1. The van der Waals surface area contributed by atoms with Gasteiger partial charge in [0.25, 0.3) is 0 Å². The Hall–Kier alpha value is -0.130. The Morgan fingerprint density at radius 2 is 2.29 bits per heavy atom. The number of anilines is 1. The Morgan fingerprint density at radius 1 is 1.57 bits per heavy atom. The smallest absolute Gasteiger partial charge is 0.186 e. The van der Waals surface area contributed by atoms with Gasteiger partial charge in [0, 0.05) is 5.38 Å². The molecule has 0 amide bonds. The third kappa shape index (κ3) is 1.38. The molecule has 3 rings (SSSR count). The van der Waals surface area contributed by atoms with E-state index in [-0.39, 0.29) is 0 Å². The zero-order chi connectivity index (χ0) is 9.76. The van der Waals surface area contributed by atoms with Gasteiger partial charge >= 0.3 is 0 Å². The van der Waals surface area contributed by atoms with E-state index in [0.29, 0.717) is 5.92 Å². The Morgan fingerprint density at radius 3 is 2.79 bits per heavy atom. The minimum atomic E-state index is -0.405. The molecule has 1 aromatic rings. The number of hydrogen-bond acceptors (Lipinski definition) is 4. The van der Waals surface area contributed by atoms with Gasteiger partial charge in [0.05, 0.1) is 13.1 Å². The van der Waals surface area contributed by atoms with Gasteiger partial charge < -0.3 is 10.0 Å². The first-order valence-corrected chi connectivity index (χ1v) is 6.43. The number of thiazole rings is 1. The van der Waals surface area contributed by atoms with Gasteiger partial charge in [0.2, 0.25) is 0 Å². The molecule has 0 radical (unpaired) electrons. The highest BCUT2D eigenvalue weighted by Gasteiger charge is 2.52. The summed E-state index contributed by atoms with van der Waals surface area (Å²) in [6.07, 6.45) is 2.40. The third-order valence-corrected chi connectivity index (χ3v) is 4.61. The second-order valence-electron chi connectivity index (χ2n) is 4.19. The standard InChI is InChI=1S/C9H11BrN2OS/c10-7-3-14-8(11-7)12-4-9(13,5-12)6-1-2-6/h3,6,13H,1-2,4-5H2. The predicted molar refractivity (Wildman–Crippen MR) is 59.7 cm³/mol. The zero-order valence-electron chi connectivity index (χ0n) is 7.61. The van der Waals surface area contributed by atoms with Crippen LogP contribution in [0.15, 0.2) is 9.98 Å². The lowest BCUT2D eigenvalue weighted by molar-refractivity contribution is -0.00932. The number of halogens is 1. The van der Waals surface area contributed by atoms with Crippen LogP contribution in [-0.2, 0) is 0 Å². The predicted octanol–water partition coefficient (Wildman–Crippen LogP) is 1.87. The first-order chi connectivity index (χ1) is 6.67. The molecule has 0 spiro atoms. The maximum Gasteiger partial charge on any atom is 0.186 e. The van der Waals surface area contributed by atoms with Crippen LogP contribution in [0, 0.1) is 5.92 Å². The summed E-state index contributed by atoms with van der Waals surface area (Å²) in [5, 5.41) is 13.1. The first-order valence-electron chi connectivity index (χ1n) is 4.76. The molecule has 0 atom stereocenters. The summed E-state index contributed by atoms with van der Waals surface area (Å²) in [4.78, 5) is 6.47. The molecular weight excluding hydrogens is 264 g/mol. The van der Waals surface area contributed by atoms with E-state index in [1.807, 2.05) is 5.38 Å². The molecule has 2 heterocycles. The van der Waals surface area contributed by atoms with Crippen molar-refractivity contribution in [3.8, 4) is 0 Å². The Labute approximate surface area is 94.9 Å². The van der Waals surface area contributed by atoms with E-state index >= 15 is 0 Å². The topological polar surface area (TPSA) is 36.4 Å². The van der Waals surface area contributed by atoms with Gasteiger partial charge in [0.15, 0.2) is 5.13 Å². The van der Waals surface area contributed by atoms with Crippen molar-refractivity contribution in [1.29, 1.82) is 0 Å². The molecule has 3 nitrogen and oxygen atoms in total. The number of nitrogens with zero attached hydrogens (tertiary/aromatic N) is 2. The molecule has 1 N–H and O–H groups in total. The van der Waals surface area contributed by atoms with Gasteiger partial charge in [-0.25, -0.2) is 4.98 Å². The average Bonchev–Trinajstić information content (AvgIpc) is 2.85. The van der Waals surface area contributed by atoms with E-state index < -0.39 is 5.60 Å². The summed E-state index contributed by atoms with van der Waals surface area (Å²) in [7, 11) is 0. The highest BCUT2D eigenvalue weighted by Crippen LogP contribution is 2.46. The minimum absolute atomic E-state index is 0.405. The summed E-state index contributed by atoms with van der Waals surface area (Å²) in [5.74, 6) is 0.558. The zero-order valence-corrected chi connectivity index (χ0v) is 10.0. The van der Waals surface area contributed by atoms with Crippen LogP contribution >= 0.6 is 27.3 Å². The van der Waals surface area contributed by atoms with Crippen LogP contribution in [0.25, 0.3) is 0 Å². The molecule has 1 saturated heterocycles. The van der Waals surface area contributed by atoms with Crippen LogP contribution in [-0.4, -0.2) is 28.8 Å². The fourth-order valence-electron chi connectivity index (χ4n) is 2.02. The van der Waals surface area contributed by atoms with E-state index in [9.17, 15) is 5.11 Å². The summed E-state index contributed by atoms with van der Waals surface area (Å²) in [5.41, 5.74) is -0.405. The van der Waals surface area contributed by atoms with Crippen molar-refractivity contribution >= 4 is 32.4 Å². The van der Waals surface area contributed by atoms with Gasteiger partial charge in [-0.2, -0.15) is 0 Å². The highest BCUT2D eigenvalue weighted by atomic mass is 79.9. The van der Waals surface area contributed by atoms with E-state index in [0.717, 1.165) is 22.8 Å². The normalized spacial score (nSPS) is 24.9. The van der Waals surface area contributed by atoms with Crippen molar-refractivity contribution in [2.24, 2.45) is 5.92 Å². The summed E-state index contributed by atoms with van der Waals surface area (Å²) < 4.78 is 0.888. The molecule has 2 fully saturated rings. The van der Waals surface area contributed by atoms with Crippen molar-refractivity contribution in [3.05, 3.63) is 9.98 Å². The second kappa shape index (κ2) is 2.93. The molecular formula is C9H11BrN2OS. The number of aromatic nitrogens is 1. The Balaban J connectivity index is 1.68. The minimum Gasteiger partial charge on any atom is -0.386 e. The highest BCUT2D eigenvalue weighted by molar-refractivity contribution is 9.10. The largest absolute Gasteiger partial charge is 0.386 e. The van der Waals surface area contributed by atoms with Gasteiger partial charge in [-0.15, -0.1) is 11.3 Å². The molecule has 1 aromatic heterocycles. The lowest BCUT2D eigenvalue weighted by atomic mass is 9.89. The van der Waals surface area contributed by atoms with Gasteiger partial charge in [-0.3, -0.25) is 0 Å². The van der Waals surface area contributed by atoms with E-state index in [1.54, 1.807) is 11.3 Å². The molecule has 0 bridgehead atoms. The Kier molecular flexibility index (Phi) is 1.91. The molecule has 1 aliphatic carbocycles. The van der Waals surface area contributed by atoms with E-state index in [2.05, 4.69) is 25.8 Å². The van der Waals surface area contributed by atoms with Crippen molar-refractivity contribution in [3.63, 3.8) is 0 Å². The number of rotatable bonds is 2. The fourth-order valence-corrected chi connectivity index (χ4v) is 3.27.